The number of rotatable bonds is 4. The first kappa shape index (κ1) is 13.3. The third kappa shape index (κ3) is 2.33. The highest BCUT2D eigenvalue weighted by atomic mass is 32.2. The SMILES string of the molecule is CNc1ccc(S(=O)(=O)N2CCCC2CO)cn1. The zero-order valence-electron chi connectivity index (χ0n) is 10.2. The monoisotopic (exact) mass is 271 g/mol. The molecular formula is C11H17N3O3S. The molecule has 0 radical (unpaired) electrons. The summed E-state index contributed by atoms with van der Waals surface area (Å²) in [5.74, 6) is 0.620. The normalized spacial score (nSPS) is 21.1. The predicted molar refractivity (Wildman–Crippen MR) is 67.8 cm³/mol. The number of pyridine rings is 1. The molecule has 0 saturated carbocycles. The van der Waals surface area contributed by atoms with Crippen molar-refractivity contribution in [3.8, 4) is 0 Å². The average Bonchev–Trinajstić information content (AvgIpc) is 2.88. The van der Waals surface area contributed by atoms with E-state index in [1.807, 2.05) is 0 Å². The molecule has 2 heterocycles. The lowest BCUT2D eigenvalue weighted by Gasteiger charge is -2.22. The molecular weight excluding hydrogens is 254 g/mol. The van der Waals surface area contributed by atoms with Crippen LogP contribution in [0.2, 0.25) is 0 Å². The first-order valence-electron chi connectivity index (χ1n) is 5.86. The third-order valence-electron chi connectivity index (χ3n) is 3.13. The topological polar surface area (TPSA) is 82.5 Å². The first-order chi connectivity index (χ1) is 8.59. The van der Waals surface area contributed by atoms with Crippen LogP contribution < -0.4 is 5.32 Å². The molecule has 7 heteroatoms. The molecule has 1 unspecified atom stereocenters. The standard InChI is InChI=1S/C11H17N3O3S/c1-12-11-5-4-10(7-13-11)18(16,17)14-6-2-3-9(14)8-15/h4-5,7,9,15H,2-3,6,8H2,1H3,(H,12,13). The van der Waals surface area contributed by atoms with Crippen molar-refractivity contribution >= 4 is 15.8 Å². The molecule has 0 bridgehead atoms. The summed E-state index contributed by atoms with van der Waals surface area (Å²) in [5.41, 5.74) is 0. The zero-order chi connectivity index (χ0) is 13.2. The highest BCUT2D eigenvalue weighted by Crippen LogP contribution is 2.25. The Morgan fingerprint density at radius 1 is 1.56 bits per heavy atom. The highest BCUT2D eigenvalue weighted by molar-refractivity contribution is 7.89. The number of hydrogen-bond acceptors (Lipinski definition) is 5. The number of anilines is 1. The van der Waals surface area contributed by atoms with E-state index in [0.717, 1.165) is 6.42 Å². The molecule has 0 amide bonds. The quantitative estimate of drug-likeness (QED) is 0.821. The van der Waals surface area contributed by atoms with Crippen LogP contribution >= 0.6 is 0 Å². The van der Waals surface area contributed by atoms with Crippen molar-refractivity contribution < 1.29 is 13.5 Å². The number of aliphatic hydroxyl groups is 1. The maximum Gasteiger partial charge on any atom is 0.244 e. The minimum Gasteiger partial charge on any atom is -0.395 e. The molecule has 0 aliphatic carbocycles. The fourth-order valence-electron chi connectivity index (χ4n) is 2.12. The minimum atomic E-state index is -3.54. The smallest absolute Gasteiger partial charge is 0.244 e. The Hall–Kier alpha value is -1.18. The van der Waals surface area contributed by atoms with Gasteiger partial charge in [-0.1, -0.05) is 0 Å². The molecule has 1 aromatic rings. The Bertz CT molecular complexity index is 501. The number of sulfonamides is 1. The van der Waals surface area contributed by atoms with Crippen molar-refractivity contribution in [2.24, 2.45) is 0 Å². The van der Waals surface area contributed by atoms with E-state index in [9.17, 15) is 13.5 Å². The van der Waals surface area contributed by atoms with Gasteiger partial charge in [-0.3, -0.25) is 0 Å². The van der Waals surface area contributed by atoms with Gasteiger partial charge < -0.3 is 10.4 Å². The summed E-state index contributed by atoms with van der Waals surface area (Å²) < 4.78 is 26.1. The number of nitrogens with zero attached hydrogens (tertiary/aromatic N) is 2. The van der Waals surface area contributed by atoms with Crippen molar-refractivity contribution in [3.05, 3.63) is 18.3 Å². The summed E-state index contributed by atoms with van der Waals surface area (Å²) in [6.07, 6.45) is 2.83. The average molecular weight is 271 g/mol. The van der Waals surface area contributed by atoms with Crippen LogP contribution in [0.3, 0.4) is 0 Å². The molecule has 1 aliphatic rings. The van der Waals surface area contributed by atoms with Crippen LogP contribution in [0.4, 0.5) is 5.82 Å². The zero-order valence-corrected chi connectivity index (χ0v) is 11.0. The van der Waals surface area contributed by atoms with E-state index in [-0.39, 0.29) is 17.5 Å². The fraction of sp³-hybridized carbons (Fsp3) is 0.545. The lowest BCUT2D eigenvalue weighted by atomic mass is 10.2. The molecule has 1 fully saturated rings. The highest BCUT2D eigenvalue weighted by Gasteiger charge is 2.34. The number of aliphatic hydroxyl groups excluding tert-OH is 1. The molecule has 1 aromatic heterocycles. The van der Waals surface area contributed by atoms with Gasteiger partial charge in [0.2, 0.25) is 10.0 Å². The molecule has 18 heavy (non-hydrogen) atoms. The molecule has 0 aromatic carbocycles. The molecule has 100 valence electrons. The van der Waals surface area contributed by atoms with Crippen molar-refractivity contribution in [2.45, 2.75) is 23.8 Å². The van der Waals surface area contributed by atoms with Gasteiger partial charge in [-0.2, -0.15) is 4.31 Å². The Labute approximate surface area is 107 Å². The molecule has 6 nitrogen and oxygen atoms in total. The van der Waals surface area contributed by atoms with E-state index in [4.69, 9.17) is 0 Å². The van der Waals surface area contributed by atoms with Crippen LogP contribution in [-0.4, -0.2) is 49.1 Å². The summed E-state index contributed by atoms with van der Waals surface area (Å²) in [7, 11) is -1.82. The summed E-state index contributed by atoms with van der Waals surface area (Å²) in [6.45, 7) is 0.322. The van der Waals surface area contributed by atoms with Crippen LogP contribution in [0.1, 0.15) is 12.8 Å². The van der Waals surface area contributed by atoms with E-state index >= 15 is 0 Å². The van der Waals surface area contributed by atoms with E-state index in [2.05, 4.69) is 10.3 Å². The van der Waals surface area contributed by atoms with Crippen molar-refractivity contribution in [2.75, 3.05) is 25.5 Å². The number of aromatic nitrogens is 1. The lowest BCUT2D eigenvalue weighted by Crippen LogP contribution is -2.37. The maximum absolute atomic E-state index is 12.4. The van der Waals surface area contributed by atoms with E-state index < -0.39 is 10.0 Å². The summed E-state index contributed by atoms with van der Waals surface area (Å²) >= 11 is 0. The van der Waals surface area contributed by atoms with Crippen LogP contribution in [0.15, 0.2) is 23.2 Å². The van der Waals surface area contributed by atoms with E-state index in [1.165, 1.54) is 16.6 Å². The second-order valence-electron chi connectivity index (χ2n) is 4.22. The Balaban J connectivity index is 2.29. The van der Waals surface area contributed by atoms with Crippen molar-refractivity contribution in [1.82, 2.24) is 9.29 Å². The van der Waals surface area contributed by atoms with Gasteiger partial charge in [-0.05, 0) is 25.0 Å². The third-order valence-corrected chi connectivity index (χ3v) is 5.07. The van der Waals surface area contributed by atoms with Crippen molar-refractivity contribution in [1.29, 1.82) is 0 Å². The van der Waals surface area contributed by atoms with Crippen LogP contribution in [0.5, 0.6) is 0 Å². The second kappa shape index (κ2) is 5.21. The number of hydrogen-bond donors (Lipinski definition) is 2. The van der Waals surface area contributed by atoms with Crippen LogP contribution in [0, 0.1) is 0 Å². The largest absolute Gasteiger partial charge is 0.395 e. The van der Waals surface area contributed by atoms with Gasteiger partial charge in [0, 0.05) is 25.8 Å². The van der Waals surface area contributed by atoms with Crippen LogP contribution in [-0.2, 0) is 10.0 Å². The van der Waals surface area contributed by atoms with Gasteiger partial charge in [0.15, 0.2) is 0 Å². The lowest BCUT2D eigenvalue weighted by molar-refractivity contribution is 0.213. The van der Waals surface area contributed by atoms with Gasteiger partial charge in [0.05, 0.1) is 6.61 Å². The maximum atomic E-state index is 12.4. The first-order valence-corrected chi connectivity index (χ1v) is 7.30. The molecule has 2 rings (SSSR count). The Morgan fingerprint density at radius 3 is 2.89 bits per heavy atom. The molecule has 2 N–H and O–H groups in total. The fourth-order valence-corrected chi connectivity index (χ4v) is 3.76. The van der Waals surface area contributed by atoms with Gasteiger partial charge in [0.25, 0.3) is 0 Å². The van der Waals surface area contributed by atoms with Gasteiger partial charge in [-0.25, -0.2) is 13.4 Å². The Kier molecular flexibility index (Phi) is 3.84. The Morgan fingerprint density at radius 2 is 2.33 bits per heavy atom. The summed E-state index contributed by atoms with van der Waals surface area (Å²) in [6, 6.07) is 2.84. The molecule has 0 spiro atoms. The van der Waals surface area contributed by atoms with Crippen molar-refractivity contribution in [3.63, 3.8) is 0 Å². The number of nitrogens with one attached hydrogen (secondary N) is 1. The molecule has 1 atom stereocenters. The summed E-state index contributed by atoms with van der Waals surface area (Å²) in [4.78, 5) is 4.17. The summed E-state index contributed by atoms with van der Waals surface area (Å²) in [5, 5.41) is 12.0. The molecule has 1 saturated heterocycles. The van der Waals surface area contributed by atoms with Gasteiger partial charge in [-0.15, -0.1) is 0 Å². The van der Waals surface area contributed by atoms with Gasteiger partial charge >= 0.3 is 0 Å². The second-order valence-corrected chi connectivity index (χ2v) is 6.11. The predicted octanol–water partition coefficient (Wildman–Crippen LogP) is 0.269. The van der Waals surface area contributed by atoms with Gasteiger partial charge in [0.1, 0.15) is 10.7 Å². The molecule has 1 aliphatic heterocycles. The van der Waals surface area contributed by atoms with Crippen LogP contribution in [0.25, 0.3) is 0 Å². The van der Waals surface area contributed by atoms with E-state index in [1.54, 1.807) is 13.1 Å². The minimum absolute atomic E-state index is 0.138. The van der Waals surface area contributed by atoms with E-state index in [0.29, 0.717) is 18.8 Å².